The molecule has 1 atom stereocenters. The highest BCUT2D eigenvalue weighted by Crippen LogP contribution is 2.39. The molecule has 15 heavy (non-hydrogen) atoms. The topological polar surface area (TPSA) is 15.3 Å². The van der Waals surface area contributed by atoms with Crippen molar-refractivity contribution in [2.75, 3.05) is 26.7 Å². The van der Waals surface area contributed by atoms with Crippen LogP contribution in [0.4, 0.5) is 0 Å². The van der Waals surface area contributed by atoms with E-state index in [9.17, 15) is 0 Å². The molecule has 0 aromatic carbocycles. The standard InChI is InChI=1S/C13H26N2/c1-11(2)13(7-4-8-14-13)12-5-9-15(3)10-6-12/h11-12,14H,4-10H2,1-3H3. The average molecular weight is 210 g/mol. The van der Waals surface area contributed by atoms with Gasteiger partial charge in [-0.3, -0.25) is 0 Å². The first-order valence-corrected chi connectivity index (χ1v) is 6.59. The Kier molecular flexibility index (Phi) is 3.36. The molecule has 1 N–H and O–H groups in total. The van der Waals surface area contributed by atoms with Crippen LogP contribution in [-0.2, 0) is 0 Å². The fraction of sp³-hybridized carbons (Fsp3) is 1.00. The van der Waals surface area contributed by atoms with Crippen molar-refractivity contribution in [1.29, 1.82) is 0 Å². The van der Waals surface area contributed by atoms with Crippen molar-refractivity contribution >= 4 is 0 Å². The van der Waals surface area contributed by atoms with Gasteiger partial charge in [0.1, 0.15) is 0 Å². The predicted octanol–water partition coefficient (Wildman–Crippen LogP) is 2.11. The second-order valence-electron chi connectivity index (χ2n) is 5.80. The van der Waals surface area contributed by atoms with Crippen LogP contribution in [0.2, 0.25) is 0 Å². The zero-order chi connectivity index (χ0) is 10.9. The zero-order valence-electron chi connectivity index (χ0n) is 10.6. The van der Waals surface area contributed by atoms with Crippen LogP contribution < -0.4 is 5.32 Å². The van der Waals surface area contributed by atoms with Crippen LogP contribution in [0, 0.1) is 11.8 Å². The molecule has 0 aliphatic carbocycles. The molecule has 0 aromatic heterocycles. The van der Waals surface area contributed by atoms with E-state index >= 15 is 0 Å². The van der Waals surface area contributed by atoms with E-state index in [-0.39, 0.29) is 0 Å². The van der Waals surface area contributed by atoms with Gasteiger partial charge in [0.25, 0.3) is 0 Å². The molecule has 0 aromatic rings. The number of hydrogen-bond donors (Lipinski definition) is 1. The molecular weight excluding hydrogens is 184 g/mol. The van der Waals surface area contributed by atoms with E-state index in [4.69, 9.17) is 0 Å². The highest BCUT2D eigenvalue weighted by atomic mass is 15.1. The molecule has 2 nitrogen and oxygen atoms in total. The van der Waals surface area contributed by atoms with Crippen molar-refractivity contribution in [3.05, 3.63) is 0 Å². The minimum Gasteiger partial charge on any atom is -0.311 e. The molecular formula is C13H26N2. The maximum atomic E-state index is 3.84. The van der Waals surface area contributed by atoms with E-state index < -0.39 is 0 Å². The molecule has 2 rings (SSSR count). The van der Waals surface area contributed by atoms with Gasteiger partial charge in [-0.05, 0) is 64.2 Å². The van der Waals surface area contributed by atoms with Crippen molar-refractivity contribution in [1.82, 2.24) is 10.2 Å². The summed E-state index contributed by atoms with van der Waals surface area (Å²) in [5.41, 5.74) is 0.473. The summed E-state index contributed by atoms with van der Waals surface area (Å²) in [6.07, 6.45) is 5.56. The van der Waals surface area contributed by atoms with Crippen LogP contribution in [0.3, 0.4) is 0 Å². The lowest BCUT2D eigenvalue weighted by atomic mass is 9.70. The molecule has 2 heteroatoms. The molecule has 0 saturated carbocycles. The fourth-order valence-electron chi connectivity index (χ4n) is 3.63. The number of likely N-dealkylation sites (tertiary alicyclic amines) is 1. The van der Waals surface area contributed by atoms with Crippen molar-refractivity contribution in [2.24, 2.45) is 11.8 Å². The van der Waals surface area contributed by atoms with E-state index in [0.717, 1.165) is 11.8 Å². The maximum Gasteiger partial charge on any atom is 0.0233 e. The Morgan fingerprint density at radius 1 is 1.27 bits per heavy atom. The number of nitrogens with one attached hydrogen (secondary N) is 1. The Hall–Kier alpha value is -0.0800. The predicted molar refractivity (Wildman–Crippen MR) is 65.0 cm³/mol. The van der Waals surface area contributed by atoms with Gasteiger partial charge in [-0.15, -0.1) is 0 Å². The number of piperidine rings is 1. The molecule has 0 amide bonds. The minimum atomic E-state index is 0.473. The molecule has 1 unspecified atom stereocenters. The minimum absolute atomic E-state index is 0.473. The van der Waals surface area contributed by atoms with Crippen LogP contribution in [0.15, 0.2) is 0 Å². The fourth-order valence-corrected chi connectivity index (χ4v) is 3.63. The Morgan fingerprint density at radius 2 is 1.93 bits per heavy atom. The summed E-state index contributed by atoms with van der Waals surface area (Å²) in [6.45, 7) is 8.62. The van der Waals surface area contributed by atoms with Crippen molar-refractivity contribution < 1.29 is 0 Å². The van der Waals surface area contributed by atoms with Gasteiger partial charge in [-0.25, -0.2) is 0 Å². The molecule has 0 spiro atoms. The molecule has 2 aliphatic rings. The third-order valence-corrected chi connectivity index (χ3v) is 4.70. The van der Waals surface area contributed by atoms with Gasteiger partial charge in [0.05, 0.1) is 0 Å². The molecule has 0 radical (unpaired) electrons. The molecule has 0 bridgehead atoms. The first-order valence-electron chi connectivity index (χ1n) is 6.59. The van der Waals surface area contributed by atoms with Crippen molar-refractivity contribution in [3.8, 4) is 0 Å². The normalized spacial score (nSPS) is 35.2. The number of nitrogens with zero attached hydrogens (tertiary/aromatic N) is 1. The van der Waals surface area contributed by atoms with Crippen molar-refractivity contribution in [2.45, 2.75) is 45.1 Å². The van der Waals surface area contributed by atoms with Gasteiger partial charge in [-0.1, -0.05) is 13.8 Å². The molecule has 2 fully saturated rings. The summed E-state index contributed by atoms with van der Waals surface area (Å²) >= 11 is 0. The van der Waals surface area contributed by atoms with E-state index in [1.165, 1.54) is 45.3 Å². The second-order valence-corrected chi connectivity index (χ2v) is 5.80. The van der Waals surface area contributed by atoms with Crippen LogP contribution in [0.5, 0.6) is 0 Å². The summed E-state index contributed by atoms with van der Waals surface area (Å²) in [7, 11) is 2.25. The first kappa shape index (κ1) is 11.4. The molecule has 2 saturated heterocycles. The average Bonchev–Trinajstić information content (AvgIpc) is 2.69. The van der Waals surface area contributed by atoms with Crippen LogP contribution in [0.1, 0.15) is 39.5 Å². The van der Waals surface area contributed by atoms with E-state index in [0.29, 0.717) is 5.54 Å². The molecule has 2 aliphatic heterocycles. The van der Waals surface area contributed by atoms with E-state index in [2.05, 4.69) is 31.1 Å². The summed E-state index contributed by atoms with van der Waals surface area (Å²) in [6, 6.07) is 0. The van der Waals surface area contributed by atoms with Gasteiger partial charge in [0, 0.05) is 5.54 Å². The Labute approximate surface area is 94.4 Å². The van der Waals surface area contributed by atoms with Gasteiger partial charge in [0.15, 0.2) is 0 Å². The number of rotatable bonds is 2. The lowest BCUT2D eigenvalue weighted by Gasteiger charge is -2.45. The van der Waals surface area contributed by atoms with Crippen LogP contribution >= 0.6 is 0 Å². The second kappa shape index (κ2) is 4.42. The maximum absolute atomic E-state index is 3.84. The Bertz CT molecular complexity index is 199. The first-order chi connectivity index (χ1) is 7.15. The Morgan fingerprint density at radius 3 is 2.40 bits per heavy atom. The Balaban J connectivity index is 2.05. The number of hydrogen-bond acceptors (Lipinski definition) is 2. The largest absolute Gasteiger partial charge is 0.311 e. The summed E-state index contributed by atoms with van der Waals surface area (Å²) in [5, 5.41) is 3.84. The molecule has 2 heterocycles. The van der Waals surface area contributed by atoms with Crippen LogP contribution in [-0.4, -0.2) is 37.1 Å². The summed E-state index contributed by atoms with van der Waals surface area (Å²) < 4.78 is 0. The van der Waals surface area contributed by atoms with Gasteiger partial charge in [0.2, 0.25) is 0 Å². The van der Waals surface area contributed by atoms with E-state index in [1.54, 1.807) is 0 Å². The zero-order valence-corrected chi connectivity index (χ0v) is 10.6. The summed E-state index contributed by atoms with van der Waals surface area (Å²) in [5.74, 6) is 1.70. The summed E-state index contributed by atoms with van der Waals surface area (Å²) in [4.78, 5) is 2.47. The van der Waals surface area contributed by atoms with Gasteiger partial charge >= 0.3 is 0 Å². The highest BCUT2D eigenvalue weighted by Gasteiger charge is 2.43. The quantitative estimate of drug-likeness (QED) is 0.751. The third kappa shape index (κ3) is 2.07. The van der Waals surface area contributed by atoms with Crippen molar-refractivity contribution in [3.63, 3.8) is 0 Å². The van der Waals surface area contributed by atoms with Crippen LogP contribution in [0.25, 0.3) is 0 Å². The highest BCUT2D eigenvalue weighted by molar-refractivity contribution is 5.01. The molecule has 88 valence electrons. The lowest BCUT2D eigenvalue weighted by molar-refractivity contribution is 0.0977. The van der Waals surface area contributed by atoms with Gasteiger partial charge in [-0.2, -0.15) is 0 Å². The van der Waals surface area contributed by atoms with Gasteiger partial charge < -0.3 is 10.2 Å². The smallest absolute Gasteiger partial charge is 0.0233 e. The third-order valence-electron chi connectivity index (χ3n) is 4.70. The van der Waals surface area contributed by atoms with E-state index in [1.807, 2.05) is 0 Å². The monoisotopic (exact) mass is 210 g/mol. The SMILES string of the molecule is CC(C)C1(C2CCN(C)CC2)CCCN1. The lowest BCUT2D eigenvalue weighted by Crippen LogP contribution is -2.54.